The number of pyridine rings is 1. The molecule has 0 unspecified atom stereocenters. The smallest absolute Gasteiger partial charge is 0.410 e. The Hall–Kier alpha value is -2.93. The van der Waals surface area contributed by atoms with Gasteiger partial charge in [-0.3, -0.25) is 9.78 Å². The second kappa shape index (κ2) is 14.7. The molecule has 202 valence electrons. The third-order valence-corrected chi connectivity index (χ3v) is 7.11. The van der Waals surface area contributed by atoms with E-state index in [4.69, 9.17) is 9.47 Å². The number of hydrogen-bond donors (Lipinski definition) is 0. The molecule has 2 aliphatic rings. The lowest BCUT2D eigenvalue weighted by Gasteiger charge is -2.32. The molecule has 0 N–H and O–H groups in total. The van der Waals surface area contributed by atoms with Crippen molar-refractivity contribution in [3.63, 3.8) is 0 Å². The number of hydrogen-bond acceptors (Lipinski definition) is 6. The van der Waals surface area contributed by atoms with Crippen LogP contribution in [0.2, 0.25) is 0 Å². The molecule has 0 saturated carbocycles. The number of carbonyl (C=O) groups is 2. The summed E-state index contributed by atoms with van der Waals surface area (Å²) in [6, 6.07) is 5.91. The quantitative estimate of drug-likeness (QED) is 0.296. The van der Waals surface area contributed by atoms with Crippen molar-refractivity contribution < 1.29 is 19.1 Å². The van der Waals surface area contributed by atoms with Crippen LogP contribution < -0.4 is 0 Å². The molecule has 7 heteroatoms. The van der Waals surface area contributed by atoms with Crippen molar-refractivity contribution in [3.05, 3.63) is 66.0 Å². The van der Waals surface area contributed by atoms with Gasteiger partial charge < -0.3 is 19.3 Å². The van der Waals surface area contributed by atoms with Crippen LogP contribution in [0, 0.1) is 5.92 Å². The zero-order valence-corrected chi connectivity index (χ0v) is 22.8. The van der Waals surface area contributed by atoms with Crippen LogP contribution >= 0.6 is 0 Å². The lowest BCUT2D eigenvalue weighted by molar-refractivity contribution is -0.148. The van der Waals surface area contributed by atoms with Crippen LogP contribution in [0.4, 0.5) is 4.79 Å². The molecule has 0 spiro atoms. The van der Waals surface area contributed by atoms with Gasteiger partial charge in [0.15, 0.2) is 0 Å². The molecule has 3 rings (SSSR count). The first-order chi connectivity index (χ1) is 17.8. The number of piperazine rings is 1. The first-order valence-corrected chi connectivity index (χ1v) is 13.6. The maximum absolute atomic E-state index is 12.8. The molecule has 0 aliphatic carbocycles. The van der Waals surface area contributed by atoms with Crippen molar-refractivity contribution in [2.45, 2.75) is 71.0 Å². The number of cyclic esters (lactones) is 1. The first kappa shape index (κ1) is 28.6. The zero-order valence-electron chi connectivity index (χ0n) is 22.8. The molecule has 1 fully saturated rings. The zero-order chi connectivity index (χ0) is 26.6. The molecular weight excluding hydrogens is 466 g/mol. The molecule has 1 aromatic rings. The molecule has 4 atom stereocenters. The van der Waals surface area contributed by atoms with Crippen LogP contribution in [0.25, 0.3) is 0 Å². The molecule has 1 aromatic heterocycles. The summed E-state index contributed by atoms with van der Waals surface area (Å²) in [5, 5.41) is 0. The van der Waals surface area contributed by atoms with E-state index in [1.54, 1.807) is 11.1 Å². The van der Waals surface area contributed by atoms with Crippen LogP contribution in [-0.4, -0.2) is 72.3 Å². The minimum Gasteiger partial charge on any atom is -0.457 e. The monoisotopic (exact) mass is 509 g/mol. The maximum Gasteiger partial charge on any atom is 0.410 e. The van der Waals surface area contributed by atoms with Crippen molar-refractivity contribution in [2.24, 2.45) is 5.92 Å². The average molecular weight is 510 g/mol. The summed E-state index contributed by atoms with van der Waals surface area (Å²) in [5.74, 6) is -0.0503. The molecule has 3 heterocycles. The molecule has 2 aliphatic heterocycles. The minimum atomic E-state index is -0.382. The largest absolute Gasteiger partial charge is 0.457 e. The highest BCUT2D eigenvalue weighted by Gasteiger charge is 2.25. The van der Waals surface area contributed by atoms with Gasteiger partial charge >= 0.3 is 12.1 Å². The molecule has 37 heavy (non-hydrogen) atoms. The highest BCUT2D eigenvalue weighted by atomic mass is 16.6. The predicted octanol–water partition coefficient (Wildman–Crippen LogP) is 5.51. The van der Waals surface area contributed by atoms with Gasteiger partial charge in [-0.15, -0.1) is 0 Å². The van der Waals surface area contributed by atoms with E-state index in [1.165, 1.54) is 0 Å². The van der Waals surface area contributed by atoms with E-state index in [9.17, 15) is 9.59 Å². The lowest BCUT2D eigenvalue weighted by Crippen LogP contribution is -2.47. The summed E-state index contributed by atoms with van der Waals surface area (Å²) in [6.45, 7) is 9.24. The Morgan fingerprint density at radius 2 is 1.95 bits per heavy atom. The van der Waals surface area contributed by atoms with E-state index in [0.29, 0.717) is 19.5 Å². The summed E-state index contributed by atoms with van der Waals surface area (Å²) in [7, 11) is 2.07. The van der Waals surface area contributed by atoms with E-state index < -0.39 is 0 Å². The summed E-state index contributed by atoms with van der Waals surface area (Å²) < 4.78 is 11.8. The average Bonchev–Trinajstić information content (AvgIpc) is 2.89. The fourth-order valence-electron chi connectivity index (χ4n) is 4.61. The number of allylic oxidation sites excluding steroid dienone is 3. The third-order valence-electron chi connectivity index (χ3n) is 7.11. The van der Waals surface area contributed by atoms with Crippen LogP contribution in [0.15, 0.2) is 60.3 Å². The number of carbonyl (C=O) groups excluding carboxylic acids is 2. The van der Waals surface area contributed by atoms with Gasteiger partial charge in [-0.25, -0.2) is 4.79 Å². The van der Waals surface area contributed by atoms with Gasteiger partial charge in [0, 0.05) is 56.3 Å². The fourth-order valence-corrected chi connectivity index (χ4v) is 4.61. The highest BCUT2D eigenvalue weighted by Crippen LogP contribution is 2.23. The lowest BCUT2D eigenvalue weighted by atomic mass is 9.95. The highest BCUT2D eigenvalue weighted by molar-refractivity contribution is 5.70. The Balaban J connectivity index is 1.69. The van der Waals surface area contributed by atoms with Crippen molar-refractivity contribution >= 4 is 12.1 Å². The Morgan fingerprint density at radius 1 is 1.16 bits per heavy atom. The van der Waals surface area contributed by atoms with E-state index in [1.807, 2.05) is 56.4 Å². The topological polar surface area (TPSA) is 72.0 Å². The fraction of sp³-hybridized carbons (Fsp3) is 0.567. The second-order valence-corrected chi connectivity index (χ2v) is 10.3. The number of rotatable bonds is 5. The van der Waals surface area contributed by atoms with Gasteiger partial charge in [0.25, 0.3) is 0 Å². The van der Waals surface area contributed by atoms with Crippen molar-refractivity contribution in [1.82, 2.24) is 14.8 Å². The Labute approximate surface area is 222 Å². The number of amides is 1. The van der Waals surface area contributed by atoms with Crippen molar-refractivity contribution in [3.8, 4) is 0 Å². The molecule has 7 nitrogen and oxygen atoms in total. The number of nitrogens with zero attached hydrogens (tertiary/aromatic N) is 3. The SMILES string of the molecule is C/C(=C\C=C\[C@@H](C)c1ccccn1)[C@H]1OC(=O)CCCCC[C@@H](OC(=O)N2CCN(C)CC2)/C=C/[C@@H]1C. The number of aromatic nitrogens is 1. The summed E-state index contributed by atoms with van der Waals surface area (Å²) >= 11 is 0. The normalized spacial score (nSPS) is 26.6. The molecule has 1 saturated heterocycles. The summed E-state index contributed by atoms with van der Waals surface area (Å²) in [4.78, 5) is 33.8. The summed E-state index contributed by atoms with van der Waals surface area (Å²) in [5.41, 5.74) is 1.98. The molecular formula is C30H43N3O4. The third kappa shape index (κ3) is 9.47. The van der Waals surface area contributed by atoms with Gasteiger partial charge in [0.1, 0.15) is 12.2 Å². The summed E-state index contributed by atoms with van der Waals surface area (Å²) in [6.07, 6.45) is 14.7. The van der Waals surface area contributed by atoms with Gasteiger partial charge in [-0.1, -0.05) is 50.6 Å². The van der Waals surface area contributed by atoms with Gasteiger partial charge in [-0.05, 0) is 57.0 Å². The Morgan fingerprint density at radius 3 is 2.68 bits per heavy atom. The molecule has 1 amide bonds. The number of likely N-dealkylation sites (N-methyl/N-ethyl adjacent to an activating group) is 1. The van der Waals surface area contributed by atoms with Crippen LogP contribution in [0.5, 0.6) is 0 Å². The van der Waals surface area contributed by atoms with Gasteiger partial charge in [-0.2, -0.15) is 0 Å². The second-order valence-electron chi connectivity index (χ2n) is 10.3. The molecule has 0 bridgehead atoms. The van der Waals surface area contributed by atoms with E-state index >= 15 is 0 Å². The Kier molecular flexibility index (Phi) is 11.4. The first-order valence-electron chi connectivity index (χ1n) is 13.6. The van der Waals surface area contributed by atoms with Crippen LogP contribution in [-0.2, 0) is 14.3 Å². The van der Waals surface area contributed by atoms with Gasteiger partial charge in [0.05, 0.1) is 0 Å². The number of ether oxygens (including phenoxy) is 2. The van der Waals surface area contributed by atoms with E-state index in [2.05, 4.69) is 29.9 Å². The van der Waals surface area contributed by atoms with Crippen LogP contribution in [0.1, 0.15) is 64.5 Å². The Bertz CT molecular complexity index is 951. The molecule has 0 aromatic carbocycles. The standard InChI is InChI=1S/C30H43N3O4/c1-23(27-14-8-9-18-31-27)11-10-12-24(2)29-25(3)16-17-26(13-6-5-7-15-28(34)37-29)36-30(35)33-21-19-32(4)20-22-33/h8-12,14,16-18,23,25-26,29H,5-7,13,15,19-22H2,1-4H3/b11-10+,17-16+,24-12+/t23-,25+,26-,29-/m1/s1. The predicted molar refractivity (Wildman–Crippen MR) is 146 cm³/mol. The minimum absolute atomic E-state index is 0.0638. The van der Waals surface area contributed by atoms with E-state index in [-0.39, 0.29) is 36.1 Å². The number of esters is 1. The van der Waals surface area contributed by atoms with Crippen LogP contribution in [0.3, 0.4) is 0 Å². The molecule has 0 radical (unpaired) electrons. The van der Waals surface area contributed by atoms with Crippen molar-refractivity contribution in [2.75, 3.05) is 33.2 Å². The maximum atomic E-state index is 12.8. The van der Waals surface area contributed by atoms with E-state index in [0.717, 1.165) is 50.0 Å². The van der Waals surface area contributed by atoms with Crippen molar-refractivity contribution in [1.29, 1.82) is 0 Å². The van der Waals surface area contributed by atoms with Gasteiger partial charge in [0.2, 0.25) is 0 Å².